The van der Waals surface area contributed by atoms with Gasteiger partial charge in [0.25, 0.3) is 0 Å². The first-order valence-corrected chi connectivity index (χ1v) is 8.44. The van der Waals surface area contributed by atoms with Gasteiger partial charge in [-0.1, -0.05) is 30.0 Å². The summed E-state index contributed by atoms with van der Waals surface area (Å²) in [5, 5.41) is 3.14. The molecule has 5 heteroatoms. The van der Waals surface area contributed by atoms with E-state index in [9.17, 15) is 4.39 Å². The molecule has 1 aromatic carbocycles. The first-order chi connectivity index (χ1) is 10.8. The lowest BCUT2D eigenvalue weighted by Gasteiger charge is -2.05. The standard InChI is InChI=1S/C17H11FN2S2/c18-12-5-3-11(4-6-12)13-7-8-19-17-16(13)14(10-20-17)22-15-2-1-9-21-15/h1-10H,(H,19,20). The molecule has 0 aliphatic carbocycles. The number of aromatic amines is 1. The fourth-order valence-corrected chi connectivity index (χ4v) is 4.27. The molecule has 3 heterocycles. The Kier molecular flexibility index (Phi) is 3.44. The van der Waals surface area contributed by atoms with Gasteiger partial charge in [0.2, 0.25) is 0 Å². The molecule has 0 aliphatic rings. The van der Waals surface area contributed by atoms with Crippen molar-refractivity contribution < 1.29 is 4.39 Å². The van der Waals surface area contributed by atoms with Gasteiger partial charge in [0.1, 0.15) is 11.5 Å². The molecule has 3 aromatic heterocycles. The second-order valence-electron chi connectivity index (χ2n) is 4.78. The number of H-pyrrole nitrogens is 1. The van der Waals surface area contributed by atoms with Crippen molar-refractivity contribution >= 4 is 34.1 Å². The molecule has 2 nitrogen and oxygen atoms in total. The third-order valence-corrected chi connectivity index (χ3v) is 5.48. The Bertz CT molecular complexity index is 912. The number of fused-ring (bicyclic) bond motifs is 1. The molecule has 4 rings (SSSR count). The van der Waals surface area contributed by atoms with Crippen LogP contribution in [0.3, 0.4) is 0 Å². The number of pyridine rings is 1. The van der Waals surface area contributed by atoms with Crippen LogP contribution in [0.15, 0.2) is 69.3 Å². The molecule has 0 unspecified atom stereocenters. The van der Waals surface area contributed by atoms with Crippen molar-refractivity contribution in [2.75, 3.05) is 0 Å². The van der Waals surface area contributed by atoms with Gasteiger partial charge in [0.05, 0.1) is 4.21 Å². The summed E-state index contributed by atoms with van der Waals surface area (Å²) in [4.78, 5) is 8.75. The zero-order valence-corrected chi connectivity index (χ0v) is 13.0. The smallest absolute Gasteiger partial charge is 0.139 e. The molecule has 0 fully saturated rings. The summed E-state index contributed by atoms with van der Waals surface area (Å²) >= 11 is 3.43. The number of halogens is 1. The Hall–Kier alpha value is -2.11. The minimum atomic E-state index is -0.226. The average Bonchev–Trinajstić information content (AvgIpc) is 3.19. The summed E-state index contributed by atoms with van der Waals surface area (Å²) in [6.45, 7) is 0. The molecule has 0 saturated carbocycles. The van der Waals surface area contributed by atoms with Crippen molar-refractivity contribution in [1.82, 2.24) is 9.97 Å². The topological polar surface area (TPSA) is 28.7 Å². The highest BCUT2D eigenvalue weighted by atomic mass is 32.2. The maximum atomic E-state index is 13.2. The lowest BCUT2D eigenvalue weighted by atomic mass is 10.0. The van der Waals surface area contributed by atoms with Crippen molar-refractivity contribution in [3.05, 3.63) is 66.1 Å². The molecular formula is C17H11FN2S2. The molecule has 0 aliphatic heterocycles. The van der Waals surface area contributed by atoms with E-state index in [1.54, 1.807) is 41.4 Å². The van der Waals surface area contributed by atoms with Crippen LogP contribution in [-0.4, -0.2) is 9.97 Å². The van der Waals surface area contributed by atoms with Gasteiger partial charge in [-0.25, -0.2) is 9.37 Å². The van der Waals surface area contributed by atoms with Crippen molar-refractivity contribution in [3.63, 3.8) is 0 Å². The van der Waals surface area contributed by atoms with Crippen LogP contribution in [0.4, 0.5) is 4.39 Å². The molecule has 0 atom stereocenters. The summed E-state index contributed by atoms with van der Waals surface area (Å²) in [7, 11) is 0. The Balaban J connectivity index is 1.87. The normalized spacial score (nSPS) is 11.1. The Morgan fingerprint density at radius 3 is 2.73 bits per heavy atom. The maximum Gasteiger partial charge on any atom is 0.139 e. The number of rotatable bonds is 3. The van der Waals surface area contributed by atoms with Crippen LogP contribution in [0, 0.1) is 5.82 Å². The van der Waals surface area contributed by atoms with Crippen molar-refractivity contribution in [2.24, 2.45) is 0 Å². The summed E-state index contributed by atoms with van der Waals surface area (Å²) < 4.78 is 14.4. The number of benzene rings is 1. The average molecular weight is 326 g/mol. The van der Waals surface area contributed by atoms with Crippen LogP contribution < -0.4 is 0 Å². The first kappa shape index (κ1) is 13.5. The molecular weight excluding hydrogens is 315 g/mol. The number of hydrogen-bond donors (Lipinski definition) is 1. The zero-order valence-electron chi connectivity index (χ0n) is 11.4. The van der Waals surface area contributed by atoms with E-state index in [0.717, 1.165) is 27.1 Å². The molecule has 0 spiro atoms. The molecule has 0 bridgehead atoms. The van der Waals surface area contributed by atoms with Crippen LogP contribution in [0.25, 0.3) is 22.2 Å². The van der Waals surface area contributed by atoms with Gasteiger partial charge in [-0.05, 0) is 40.8 Å². The monoisotopic (exact) mass is 326 g/mol. The third-order valence-electron chi connectivity index (χ3n) is 3.40. The van der Waals surface area contributed by atoms with Crippen molar-refractivity contribution in [2.45, 2.75) is 9.10 Å². The van der Waals surface area contributed by atoms with Crippen molar-refractivity contribution in [3.8, 4) is 11.1 Å². The van der Waals surface area contributed by atoms with E-state index in [1.807, 2.05) is 18.3 Å². The van der Waals surface area contributed by atoms with Gasteiger partial charge in [0, 0.05) is 22.7 Å². The highest BCUT2D eigenvalue weighted by molar-refractivity contribution is 8.01. The Morgan fingerprint density at radius 2 is 1.95 bits per heavy atom. The summed E-state index contributed by atoms with van der Waals surface area (Å²) in [5.74, 6) is -0.226. The lowest BCUT2D eigenvalue weighted by Crippen LogP contribution is -1.84. The molecule has 22 heavy (non-hydrogen) atoms. The van der Waals surface area contributed by atoms with Gasteiger partial charge in [-0.2, -0.15) is 0 Å². The van der Waals surface area contributed by atoms with Crippen LogP contribution in [0.2, 0.25) is 0 Å². The zero-order chi connectivity index (χ0) is 14.9. The van der Waals surface area contributed by atoms with E-state index in [2.05, 4.69) is 21.4 Å². The predicted octanol–water partition coefficient (Wildman–Crippen LogP) is 5.58. The second-order valence-corrected chi connectivity index (χ2v) is 7.07. The largest absolute Gasteiger partial charge is 0.345 e. The minimum absolute atomic E-state index is 0.226. The van der Waals surface area contributed by atoms with E-state index in [4.69, 9.17) is 0 Å². The van der Waals surface area contributed by atoms with E-state index in [-0.39, 0.29) is 5.82 Å². The second kappa shape index (κ2) is 5.59. The molecule has 108 valence electrons. The molecule has 1 N–H and O–H groups in total. The maximum absolute atomic E-state index is 13.2. The van der Waals surface area contributed by atoms with Gasteiger partial charge < -0.3 is 4.98 Å². The van der Waals surface area contributed by atoms with Gasteiger partial charge in [-0.15, -0.1) is 11.3 Å². The van der Waals surface area contributed by atoms with E-state index < -0.39 is 0 Å². The Morgan fingerprint density at radius 1 is 1.09 bits per heavy atom. The summed E-state index contributed by atoms with van der Waals surface area (Å²) in [6.07, 6.45) is 3.76. The lowest BCUT2D eigenvalue weighted by molar-refractivity contribution is 0.628. The van der Waals surface area contributed by atoms with E-state index in [0.29, 0.717) is 0 Å². The minimum Gasteiger partial charge on any atom is -0.345 e. The molecule has 0 radical (unpaired) electrons. The number of thiophene rings is 1. The number of hydrogen-bond acceptors (Lipinski definition) is 3. The van der Waals surface area contributed by atoms with E-state index >= 15 is 0 Å². The quantitative estimate of drug-likeness (QED) is 0.532. The molecule has 4 aromatic rings. The van der Waals surface area contributed by atoms with Crippen molar-refractivity contribution in [1.29, 1.82) is 0 Å². The van der Waals surface area contributed by atoms with Gasteiger partial charge in [0.15, 0.2) is 0 Å². The molecule has 0 saturated heterocycles. The number of aromatic nitrogens is 2. The first-order valence-electron chi connectivity index (χ1n) is 6.74. The molecule has 0 amide bonds. The summed E-state index contributed by atoms with van der Waals surface area (Å²) in [6, 6.07) is 12.7. The third kappa shape index (κ3) is 2.42. The fourth-order valence-electron chi connectivity index (χ4n) is 2.41. The predicted molar refractivity (Wildman–Crippen MR) is 89.9 cm³/mol. The van der Waals surface area contributed by atoms with Gasteiger partial charge in [-0.3, -0.25) is 0 Å². The van der Waals surface area contributed by atoms with Gasteiger partial charge >= 0.3 is 0 Å². The van der Waals surface area contributed by atoms with Crippen LogP contribution in [0.1, 0.15) is 0 Å². The highest BCUT2D eigenvalue weighted by Gasteiger charge is 2.12. The fraction of sp³-hybridized carbons (Fsp3) is 0. The van der Waals surface area contributed by atoms with E-state index in [1.165, 1.54) is 16.3 Å². The number of nitrogens with one attached hydrogen (secondary N) is 1. The van der Waals surface area contributed by atoms with Crippen LogP contribution in [-0.2, 0) is 0 Å². The Labute approximate surface area is 135 Å². The number of nitrogens with zero attached hydrogens (tertiary/aromatic N) is 1. The summed E-state index contributed by atoms with van der Waals surface area (Å²) in [5.41, 5.74) is 2.90. The highest BCUT2D eigenvalue weighted by Crippen LogP contribution is 2.39. The SMILES string of the molecule is Fc1ccc(-c2ccnc3[nH]cc(Sc4cccs4)c23)cc1. The van der Waals surface area contributed by atoms with Crippen LogP contribution >= 0.6 is 23.1 Å². The van der Waals surface area contributed by atoms with Crippen LogP contribution in [0.5, 0.6) is 0 Å².